The van der Waals surface area contributed by atoms with Crippen LogP contribution < -0.4 is 14.8 Å². The monoisotopic (exact) mass is 452 g/mol. The number of aromatic amines is 1. The average molecular weight is 453 g/mol. The van der Waals surface area contributed by atoms with Crippen molar-refractivity contribution in [2.24, 2.45) is 0 Å². The minimum absolute atomic E-state index is 0.275. The van der Waals surface area contributed by atoms with E-state index in [-0.39, 0.29) is 12.4 Å². The first-order chi connectivity index (χ1) is 15.6. The third-order valence-corrected chi connectivity index (χ3v) is 5.52. The van der Waals surface area contributed by atoms with Crippen LogP contribution in [-0.4, -0.2) is 18.1 Å². The molecule has 0 atom stereocenters. The quantitative estimate of drug-likeness (QED) is 0.279. The van der Waals surface area contributed by atoms with Crippen LogP contribution in [0, 0.1) is 5.82 Å². The van der Waals surface area contributed by atoms with Crippen LogP contribution in [0.25, 0.3) is 10.9 Å². The van der Waals surface area contributed by atoms with Gasteiger partial charge in [-0.15, -0.1) is 0 Å². The number of fused-ring (bicyclic) bond motifs is 1. The summed E-state index contributed by atoms with van der Waals surface area (Å²) in [5.74, 6) is 0.833. The molecule has 0 aliphatic rings. The molecular formula is C26H26ClFN2O2. The Morgan fingerprint density at radius 3 is 2.62 bits per heavy atom. The second-order valence-corrected chi connectivity index (χ2v) is 7.95. The van der Waals surface area contributed by atoms with Crippen molar-refractivity contribution in [3.8, 4) is 11.5 Å². The fourth-order valence-electron chi connectivity index (χ4n) is 3.66. The molecule has 1 heterocycles. The molecule has 0 spiro atoms. The molecule has 0 unspecified atom stereocenters. The van der Waals surface area contributed by atoms with Crippen LogP contribution >= 0.6 is 11.6 Å². The Bertz CT molecular complexity index is 1170. The number of benzene rings is 3. The lowest BCUT2D eigenvalue weighted by atomic mass is 10.1. The van der Waals surface area contributed by atoms with Crippen molar-refractivity contribution < 1.29 is 13.9 Å². The predicted octanol–water partition coefficient (Wildman–Crippen LogP) is 6.27. The lowest BCUT2D eigenvalue weighted by Gasteiger charge is -2.16. The average Bonchev–Trinajstić information content (AvgIpc) is 3.21. The molecule has 1 aromatic heterocycles. The Morgan fingerprint density at radius 2 is 1.81 bits per heavy atom. The molecule has 166 valence electrons. The van der Waals surface area contributed by atoms with Gasteiger partial charge < -0.3 is 19.8 Å². The van der Waals surface area contributed by atoms with E-state index in [2.05, 4.69) is 34.7 Å². The number of H-pyrrole nitrogens is 1. The summed E-state index contributed by atoms with van der Waals surface area (Å²) in [6.45, 7) is 4.21. The molecule has 3 aromatic carbocycles. The zero-order valence-electron chi connectivity index (χ0n) is 18.0. The fraction of sp³-hybridized carbons (Fsp3) is 0.231. The van der Waals surface area contributed by atoms with E-state index in [9.17, 15) is 4.39 Å². The molecule has 2 N–H and O–H groups in total. The Hall–Kier alpha value is -3.02. The van der Waals surface area contributed by atoms with Crippen LogP contribution in [0.2, 0.25) is 5.02 Å². The van der Waals surface area contributed by atoms with Gasteiger partial charge in [0.25, 0.3) is 0 Å². The number of aromatic nitrogens is 1. The summed E-state index contributed by atoms with van der Waals surface area (Å²) in [4.78, 5) is 3.31. The molecule has 4 nitrogen and oxygen atoms in total. The van der Waals surface area contributed by atoms with Gasteiger partial charge in [0, 0.05) is 23.6 Å². The lowest BCUT2D eigenvalue weighted by molar-refractivity contribution is 0.269. The molecule has 0 saturated carbocycles. The van der Waals surface area contributed by atoms with Gasteiger partial charge in [0.1, 0.15) is 12.4 Å². The van der Waals surface area contributed by atoms with E-state index in [0.717, 1.165) is 29.6 Å². The van der Waals surface area contributed by atoms with Crippen LogP contribution in [0.3, 0.4) is 0 Å². The maximum absolute atomic E-state index is 13.1. The molecule has 4 aromatic rings. The molecule has 0 radical (unpaired) electrons. The number of ether oxygens (including phenoxy) is 2. The standard InChI is InChI=1S/C26H26ClFN2O2/c1-2-31-25-14-19(13-23(27)26(25)32-17-18-7-9-21(28)10-8-18)15-29-12-11-20-16-30-24-6-4-3-5-22(20)24/h3-10,13-14,16,29-30H,2,11-12,15,17H2,1H3. The smallest absolute Gasteiger partial charge is 0.180 e. The zero-order chi connectivity index (χ0) is 22.3. The van der Waals surface area contributed by atoms with Crippen LogP contribution in [-0.2, 0) is 19.6 Å². The van der Waals surface area contributed by atoms with Crippen molar-refractivity contribution in [3.63, 3.8) is 0 Å². The van der Waals surface area contributed by atoms with Crippen molar-refractivity contribution in [1.82, 2.24) is 10.3 Å². The first-order valence-electron chi connectivity index (χ1n) is 10.7. The Balaban J connectivity index is 1.37. The number of hydrogen-bond acceptors (Lipinski definition) is 3. The van der Waals surface area contributed by atoms with Crippen LogP contribution in [0.1, 0.15) is 23.6 Å². The maximum Gasteiger partial charge on any atom is 0.180 e. The highest BCUT2D eigenvalue weighted by Crippen LogP contribution is 2.37. The number of para-hydroxylation sites is 1. The van der Waals surface area contributed by atoms with Gasteiger partial charge in [-0.1, -0.05) is 41.9 Å². The highest BCUT2D eigenvalue weighted by atomic mass is 35.5. The molecule has 4 rings (SSSR count). The van der Waals surface area contributed by atoms with E-state index in [1.54, 1.807) is 12.1 Å². The summed E-state index contributed by atoms with van der Waals surface area (Å²) in [5.41, 5.74) is 4.33. The lowest BCUT2D eigenvalue weighted by Crippen LogP contribution is -2.16. The first kappa shape index (κ1) is 22.2. The van der Waals surface area contributed by atoms with Crippen LogP contribution in [0.15, 0.2) is 66.9 Å². The van der Waals surface area contributed by atoms with Crippen molar-refractivity contribution in [2.45, 2.75) is 26.5 Å². The molecule has 0 fully saturated rings. The Labute approximate surface area is 192 Å². The van der Waals surface area contributed by atoms with Crippen LogP contribution in [0.4, 0.5) is 4.39 Å². The maximum atomic E-state index is 13.1. The minimum Gasteiger partial charge on any atom is -0.490 e. The molecule has 0 amide bonds. The van der Waals surface area contributed by atoms with Gasteiger partial charge in [-0.05, 0) is 66.9 Å². The van der Waals surface area contributed by atoms with Gasteiger partial charge in [-0.25, -0.2) is 4.39 Å². The summed E-state index contributed by atoms with van der Waals surface area (Å²) in [7, 11) is 0. The highest BCUT2D eigenvalue weighted by Gasteiger charge is 2.13. The molecule has 0 saturated heterocycles. The number of nitrogens with one attached hydrogen (secondary N) is 2. The van der Waals surface area contributed by atoms with E-state index in [0.29, 0.717) is 29.7 Å². The van der Waals surface area contributed by atoms with Gasteiger partial charge >= 0.3 is 0 Å². The second kappa shape index (κ2) is 10.5. The van der Waals surface area contributed by atoms with E-state index in [4.69, 9.17) is 21.1 Å². The normalized spacial score (nSPS) is 11.1. The topological polar surface area (TPSA) is 46.3 Å². The predicted molar refractivity (Wildman–Crippen MR) is 127 cm³/mol. The second-order valence-electron chi connectivity index (χ2n) is 7.54. The van der Waals surface area contributed by atoms with Crippen molar-refractivity contribution in [2.75, 3.05) is 13.2 Å². The minimum atomic E-state index is -0.275. The Morgan fingerprint density at radius 1 is 1.00 bits per heavy atom. The van der Waals surface area contributed by atoms with E-state index in [1.807, 2.05) is 25.1 Å². The summed E-state index contributed by atoms with van der Waals surface area (Å²) in [5, 5.41) is 5.23. The highest BCUT2D eigenvalue weighted by molar-refractivity contribution is 6.32. The van der Waals surface area contributed by atoms with Crippen molar-refractivity contribution >= 4 is 22.5 Å². The van der Waals surface area contributed by atoms with E-state index >= 15 is 0 Å². The largest absolute Gasteiger partial charge is 0.490 e. The summed E-state index contributed by atoms with van der Waals surface area (Å²) < 4.78 is 24.8. The summed E-state index contributed by atoms with van der Waals surface area (Å²) >= 11 is 6.52. The van der Waals surface area contributed by atoms with Gasteiger partial charge in [0.2, 0.25) is 0 Å². The van der Waals surface area contributed by atoms with Gasteiger partial charge in [-0.3, -0.25) is 0 Å². The third-order valence-electron chi connectivity index (χ3n) is 5.24. The van der Waals surface area contributed by atoms with E-state index in [1.165, 1.54) is 23.1 Å². The SMILES string of the molecule is CCOc1cc(CNCCc2c[nH]c3ccccc23)cc(Cl)c1OCc1ccc(F)cc1. The number of hydrogen-bond donors (Lipinski definition) is 2. The fourth-order valence-corrected chi connectivity index (χ4v) is 3.94. The molecule has 0 aliphatic carbocycles. The molecule has 0 bridgehead atoms. The van der Waals surface area contributed by atoms with Gasteiger partial charge in [0.15, 0.2) is 11.5 Å². The molecular weight excluding hydrogens is 427 g/mol. The number of rotatable bonds is 10. The third kappa shape index (κ3) is 5.42. The Kier molecular flexibility index (Phi) is 7.30. The summed E-state index contributed by atoms with van der Waals surface area (Å²) in [6.07, 6.45) is 3.00. The molecule has 32 heavy (non-hydrogen) atoms. The van der Waals surface area contributed by atoms with Crippen LogP contribution in [0.5, 0.6) is 11.5 Å². The van der Waals surface area contributed by atoms with E-state index < -0.39 is 0 Å². The van der Waals surface area contributed by atoms with Crippen molar-refractivity contribution in [3.05, 3.63) is 94.4 Å². The zero-order valence-corrected chi connectivity index (χ0v) is 18.7. The summed E-state index contributed by atoms with van der Waals surface area (Å²) in [6, 6.07) is 18.4. The van der Waals surface area contributed by atoms with Gasteiger partial charge in [0.05, 0.1) is 11.6 Å². The van der Waals surface area contributed by atoms with Gasteiger partial charge in [-0.2, -0.15) is 0 Å². The molecule has 6 heteroatoms. The van der Waals surface area contributed by atoms with Crippen molar-refractivity contribution in [1.29, 1.82) is 0 Å². The molecule has 0 aliphatic heterocycles. The first-order valence-corrected chi connectivity index (χ1v) is 11.1. The number of halogens is 2.